The van der Waals surface area contributed by atoms with Crippen LogP contribution < -0.4 is 10.9 Å². The van der Waals surface area contributed by atoms with Crippen molar-refractivity contribution in [3.8, 4) is 0 Å². The smallest absolute Gasteiger partial charge is 0.328 e. The molecular weight excluding hydrogens is 458 g/mol. The number of hydrogen-bond donors (Lipinski definition) is 3. The number of benzene rings is 3. The SMILES string of the molecule is O=C(O)/C=C/c1ccc(/C(=C(\c2ccc(F)cc2Cl)C2CC2)c2ccc3c(c2)C(F)NN3)cc1. The Labute approximate surface area is 200 Å². The van der Waals surface area contributed by atoms with Crippen molar-refractivity contribution in [2.24, 2.45) is 5.92 Å². The second kappa shape index (κ2) is 9.05. The third-order valence-corrected chi connectivity index (χ3v) is 6.35. The number of carboxylic acids is 1. The fourth-order valence-corrected chi connectivity index (χ4v) is 4.57. The van der Waals surface area contributed by atoms with Crippen LogP contribution in [0.25, 0.3) is 17.2 Å². The molecule has 1 heterocycles. The van der Waals surface area contributed by atoms with Crippen molar-refractivity contribution in [3.05, 3.63) is 105 Å². The third-order valence-electron chi connectivity index (χ3n) is 6.04. The molecule has 1 aliphatic heterocycles. The second-order valence-corrected chi connectivity index (χ2v) is 8.82. The summed E-state index contributed by atoms with van der Waals surface area (Å²) in [6.07, 6.45) is 3.23. The molecule has 0 spiro atoms. The summed E-state index contributed by atoms with van der Waals surface area (Å²) in [6.45, 7) is 0. The van der Waals surface area contributed by atoms with Crippen LogP contribution in [0.2, 0.25) is 5.02 Å². The molecule has 3 aromatic rings. The van der Waals surface area contributed by atoms with Gasteiger partial charge < -0.3 is 10.5 Å². The molecule has 1 aliphatic carbocycles. The Morgan fingerprint density at radius 1 is 1.03 bits per heavy atom. The normalized spacial score (nSPS) is 17.9. The number of halogens is 3. The summed E-state index contributed by atoms with van der Waals surface area (Å²) in [4.78, 5) is 10.9. The highest BCUT2D eigenvalue weighted by Gasteiger charge is 2.32. The van der Waals surface area contributed by atoms with Crippen LogP contribution in [0.1, 0.15) is 47.0 Å². The van der Waals surface area contributed by atoms with Crippen LogP contribution in [0.3, 0.4) is 0 Å². The van der Waals surface area contributed by atoms with Gasteiger partial charge in [-0.05, 0) is 82.5 Å². The van der Waals surface area contributed by atoms with Crippen molar-refractivity contribution in [1.82, 2.24) is 5.43 Å². The molecule has 3 aromatic carbocycles. The fourth-order valence-electron chi connectivity index (χ4n) is 4.31. The van der Waals surface area contributed by atoms with E-state index in [1.165, 1.54) is 18.2 Å². The van der Waals surface area contributed by atoms with E-state index >= 15 is 0 Å². The number of anilines is 1. The Morgan fingerprint density at radius 3 is 2.44 bits per heavy atom. The Balaban J connectivity index is 1.72. The van der Waals surface area contributed by atoms with Gasteiger partial charge in [-0.2, -0.15) is 0 Å². The molecular formula is C27H21ClF2N2O2. The first-order valence-electron chi connectivity index (χ1n) is 10.9. The minimum atomic E-state index is -1.33. The summed E-state index contributed by atoms with van der Waals surface area (Å²) in [5, 5.41) is 9.23. The zero-order chi connectivity index (χ0) is 23.8. The molecule has 3 N–H and O–H groups in total. The Hall–Kier alpha value is -3.48. The van der Waals surface area contributed by atoms with Crippen LogP contribution in [0.15, 0.2) is 66.7 Å². The predicted molar refractivity (Wildman–Crippen MR) is 130 cm³/mol. The van der Waals surface area contributed by atoms with Gasteiger partial charge in [-0.1, -0.05) is 48.0 Å². The van der Waals surface area contributed by atoms with E-state index in [0.717, 1.165) is 52.3 Å². The van der Waals surface area contributed by atoms with Crippen molar-refractivity contribution in [2.75, 3.05) is 5.43 Å². The van der Waals surface area contributed by atoms with Crippen LogP contribution in [-0.2, 0) is 4.79 Å². The molecule has 0 amide bonds. The Kier molecular flexibility index (Phi) is 5.94. The van der Waals surface area contributed by atoms with E-state index < -0.39 is 18.1 Å². The summed E-state index contributed by atoms with van der Waals surface area (Å²) in [5.74, 6) is -1.18. The zero-order valence-corrected chi connectivity index (χ0v) is 18.7. The predicted octanol–water partition coefficient (Wildman–Crippen LogP) is 6.84. The maximum Gasteiger partial charge on any atom is 0.328 e. The molecule has 4 nitrogen and oxygen atoms in total. The van der Waals surface area contributed by atoms with Gasteiger partial charge in [0.1, 0.15) is 5.82 Å². The van der Waals surface area contributed by atoms with E-state index in [2.05, 4.69) is 10.9 Å². The average molecular weight is 479 g/mol. The van der Waals surface area contributed by atoms with Crippen LogP contribution in [0, 0.1) is 11.7 Å². The lowest BCUT2D eigenvalue weighted by Crippen LogP contribution is -2.14. The lowest BCUT2D eigenvalue weighted by Gasteiger charge is -2.19. The largest absolute Gasteiger partial charge is 0.478 e. The van der Waals surface area contributed by atoms with Crippen LogP contribution >= 0.6 is 11.6 Å². The number of rotatable bonds is 6. The van der Waals surface area contributed by atoms with Crippen molar-refractivity contribution in [2.45, 2.75) is 19.1 Å². The van der Waals surface area contributed by atoms with Crippen LogP contribution in [0.5, 0.6) is 0 Å². The summed E-state index contributed by atoms with van der Waals surface area (Å²) in [5.41, 5.74) is 11.7. The van der Waals surface area contributed by atoms with E-state index in [4.69, 9.17) is 16.7 Å². The zero-order valence-electron chi connectivity index (χ0n) is 18.0. The molecule has 0 aromatic heterocycles. The molecule has 34 heavy (non-hydrogen) atoms. The number of aliphatic carboxylic acids is 1. The fraction of sp³-hybridized carbons (Fsp3) is 0.148. The van der Waals surface area contributed by atoms with E-state index in [0.29, 0.717) is 16.3 Å². The standard InChI is InChI=1S/C27H21ClF2N2O2/c28-22-14-19(29)9-10-20(22)26(17-6-7-17)25(16-4-1-15(2-5-16)3-12-24(33)34)18-8-11-23-21(13-18)27(30)32-31-23/h1-5,8-14,17,27,31-32H,6-7H2,(H,33,34)/b12-3+,26-25+. The number of carbonyl (C=O) groups is 1. The summed E-state index contributed by atoms with van der Waals surface area (Å²) >= 11 is 6.51. The lowest BCUT2D eigenvalue weighted by molar-refractivity contribution is -0.131. The third kappa shape index (κ3) is 4.47. The van der Waals surface area contributed by atoms with Gasteiger partial charge in [0.2, 0.25) is 0 Å². The lowest BCUT2D eigenvalue weighted by atomic mass is 9.86. The second-order valence-electron chi connectivity index (χ2n) is 8.41. The molecule has 7 heteroatoms. The van der Waals surface area contributed by atoms with Gasteiger partial charge in [-0.25, -0.2) is 19.0 Å². The molecule has 0 radical (unpaired) electrons. The summed E-state index contributed by atoms with van der Waals surface area (Å²) < 4.78 is 28.3. The van der Waals surface area contributed by atoms with Gasteiger partial charge in [0.25, 0.3) is 0 Å². The van der Waals surface area contributed by atoms with Gasteiger partial charge >= 0.3 is 5.97 Å². The Morgan fingerprint density at radius 2 is 1.76 bits per heavy atom. The number of carboxylic acid groups (broad SMARTS) is 1. The average Bonchev–Trinajstić information content (AvgIpc) is 3.59. The van der Waals surface area contributed by atoms with E-state index in [1.54, 1.807) is 6.07 Å². The highest BCUT2D eigenvalue weighted by atomic mass is 35.5. The minimum absolute atomic E-state index is 0.246. The molecule has 1 atom stereocenters. The minimum Gasteiger partial charge on any atom is -0.478 e. The molecule has 5 rings (SSSR count). The molecule has 1 fully saturated rings. The van der Waals surface area contributed by atoms with E-state index in [9.17, 15) is 13.6 Å². The van der Waals surface area contributed by atoms with E-state index in [-0.39, 0.29) is 5.92 Å². The number of alkyl halides is 1. The number of hydrogen-bond acceptors (Lipinski definition) is 3. The number of fused-ring (bicyclic) bond motifs is 1. The summed E-state index contributed by atoms with van der Waals surface area (Å²) in [6, 6.07) is 17.5. The molecule has 0 saturated heterocycles. The Bertz CT molecular complexity index is 1330. The van der Waals surface area contributed by atoms with Crippen molar-refractivity contribution >= 4 is 40.5 Å². The maximum atomic E-state index is 14.5. The van der Waals surface area contributed by atoms with Gasteiger partial charge in [-0.3, -0.25) is 0 Å². The van der Waals surface area contributed by atoms with Gasteiger partial charge in [-0.15, -0.1) is 0 Å². The van der Waals surface area contributed by atoms with Crippen molar-refractivity contribution < 1.29 is 18.7 Å². The van der Waals surface area contributed by atoms with Gasteiger partial charge in [0, 0.05) is 11.6 Å². The van der Waals surface area contributed by atoms with Gasteiger partial charge in [0.05, 0.1) is 10.7 Å². The maximum absolute atomic E-state index is 14.5. The molecule has 1 saturated carbocycles. The number of nitrogens with one attached hydrogen (secondary N) is 2. The molecule has 1 unspecified atom stereocenters. The van der Waals surface area contributed by atoms with Gasteiger partial charge in [0.15, 0.2) is 6.30 Å². The molecule has 0 bridgehead atoms. The first-order valence-corrected chi connectivity index (χ1v) is 11.3. The first kappa shape index (κ1) is 22.3. The topological polar surface area (TPSA) is 61.4 Å². The quantitative estimate of drug-likeness (QED) is 0.206. The van der Waals surface area contributed by atoms with Crippen molar-refractivity contribution in [3.63, 3.8) is 0 Å². The highest BCUT2D eigenvalue weighted by molar-refractivity contribution is 6.32. The van der Waals surface area contributed by atoms with Crippen LogP contribution in [0.4, 0.5) is 14.5 Å². The monoisotopic (exact) mass is 478 g/mol. The molecule has 2 aliphatic rings. The highest BCUT2D eigenvalue weighted by Crippen LogP contribution is 2.49. The number of hydrazine groups is 1. The van der Waals surface area contributed by atoms with E-state index in [1.807, 2.05) is 42.5 Å². The van der Waals surface area contributed by atoms with Crippen LogP contribution in [-0.4, -0.2) is 11.1 Å². The summed E-state index contributed by atoms with van der Waals surface area (Å²) in [7, 11) is 0. The number of allylic oxidation sites excluding steroid dienone is 1. The molecule has 172 valence electrons. The first-order chi connectivity index (χ1) is 16.4. The van der Waals surface area contributed by atoms with Crippen molar-refractivity contribution in [1.29, 1.82) is 0 Å².